The van der Waals surface area contributed by atoms with Crippen molar-refractivity contribution >= 4 is 46.3 Å². The highest BCUT2D eigenvalue weighted by molar-refractivity contribution is 8.18. The molecule has 1 aliphatic rings. The highest BCUT2D eigenvalue weighted by Gasteiger charge is 2.36. The fraction of sp³-hybridized carbons (Fsp3) is 0.233. The minimum Gasteiger partial charge on any atom is -0.490 e. The van der Waals surface area contributed by atoms with E-state index in [0.717, 1.165) is 38.9 Å². The van der Waals surface area contributed by atoms with E-state index in [-0.39, 0.29) is 17.2 Å². The molecule has 3 aromatic rings. The largest absolute Gasteiger partial charge is 0.490 e. The van der Waals surface area contributed by atoms with Crippen LogP contribution in [0.15, 0.2) is 59.5 Å². The van der Waals surface area contributed by atoms with E-state index in [4.69, 9.17) is 9.47 Å². The third kappa shape index (κ3) is 7.12. The predicted molar refractivity (Wildman–Crippen MR) is 157 cm³/mol. The van der Waals surface area contributed by atoms with Gasteiger partial charge in [-0.1, -0.05) is 23.8 Å². The Morgan fingerprint density at radius 1 is 1.00 bits per heavy atom. The fourth-order valence-corrected chi connectivity index (χ4v) is 5.20. The van der Waals surface area contributed by atoms with Crippen LogP contribution >= 0.6 is 11.8 Å². The summed E-state index contributed by atoms with van der Waals surface area (Å²) < 4.78 is 11.6. The smallest absolute Gasteiger partial charge is 0.294 e. The van der Waals surface area contributed by atoms with E-state index in [1.54, 1.807) is 36.4 Å². The molecule has 0 aromatic heterocycles. The van der Waals surface area contributed by atoms with Gasteiger partial charge in [0, 0.05) is 17.8 Å². The topological polar surface area (TPSA) is 128 Å². The number of anilines is 1. The second-order valence-corrected chi connectivity index (χ2v) is 10.4. The lowest BCUT2D eigenvalue weighted by atomic mass is 10.1. The van der Waals surface area contributed by atoms with Gasteiger partial charge in [0.25, 0.3) is 16.8 Å². The summed E-state index contributed by atoms with van der Waals surface area (Å²) in [5.41, 5.74) is 4.89. The Bertz CT molecular complexity index is 1530. The Morgan fingerprint density at radius 2 is 1.68 bits per heavy atom. The molecule has 3 amide bonds. The average Bonchev–Trinajstić information content (AvgIpc) is 3.17. The molecule has 0 radical (unpaired) electrons. The zero-order valence-electron chi connectivity index (χ0n) is 23.1. The highest BCUT2D eigenvalue weighted by atomic mass is 32.2. The van der Waals surface area contributed by atoms with Gasteiger partial charge in [0.2, 0.25) is 5.91 Å². The molecule has 0 aliphatic carbocycles. The number of rotatable bonds is 10. The van der Waals surface area contributed by atoms with Crippen LogP contribution in [0.2, 0.25) is 0 Å². The maximum atomic E-state index is 13.0. The van der Waals surface area contributed by atoms with Crippen molar-refractivity contribution in [3.8, 4) is 11.5 Å². The lowest BCUT2D eigenvalue weighted by Crippen LogP contribution is -2.36. The quantitative estimate of drug-likeness (QED) is 0.173. The van der Waals surface area contributed by atoms with Crippen LogP contribution in [0.5, 0.6) is 11.5 Å². The molecule has 1 N–H and O–H groups in total. The number of aryl methyl sites for hydroxylation is 3. The van der Waals surface area contributed by atoms with Gasteiger partial charge in [0.1, 0.15) is 13.2 Å². The Hall–Kier alpha value is -4.64. The number of non-ortho nitro benzene ring substituents is 1. The summed E-state index contributed by atoms with van der Waals surface area (Å²) in [6, 6.07) is 15.1. The SMILES string of the molecule is CCOc1cc(/C=C2/SC(=O)N(CC(=O)Nc3c(C)cc(C)cc3C)C2=O)ccc1OCc1ccc([N+](=O)[O-])cc1. The maximum absolute atomic E-state index is 13.0. The standard InChI is InChI=1S/C30H29N3O7S/c1-5-39-25-14-22(8-11-24(25)40-17-21-6-9-23(10-7-21)33(37)38)15-26-29(35)32(30(36)41-26)16-27(34)31-28-19(3)12-18(2)13-20(28)4/h6-15H,5,16-17H2,1-4H3,(H,31,34)/b26-15+. The monoisotopic (exact) mass is 575 g/mol. The van der Waals surface area contributed by atoms with Gasteiger partial charge >= 0.3 is 0 Å². The number of nitrogens with one attached hydrogen (secondary N) is 1. The number of hydrogen-bond acceptors (Lipinski definition) is 8. The van der Waals surface area contributed by atoms with E-state index in [0.29, 0.717) is 29.4 Å². The van der Waals surface area contributed by atoms with Gasteiger partial charge in [-0.2, -0.15) is 0 Å². The number of nitro benzene ring substituents is 1. The molecule has 3 aromatic carbocycles. The first-order valence-corrected chi connectivity index (χ1v) is 13.6. The summed E-state index contributed by atoms with van der Waals surface area (Å²) in [6.45, 7) is 7.71. The molecule has 0 unspecified atom stereocenters. The van der Waals surface area contributed by atoms with E-state index in [2.05, 4.69) is 5.32 Å². The van der Waals surface area contributed by atoms with Crippen molar-refractivity contribution in [2.45, 2.75) is 34.3 Å². The predicted octanol–water partition coefficient (Wildman–Crippen LogP) is 6.17. The van der Waals surface area contributed by atoms with Crippen LogP contribution in [-0.4, -0.2) is 40.0 Å². The molecule has 4 rings (SSSR count). The molecule has 212 valence electrons. The summed E-state index contributed by atoms with van der Waals surface area (Å²) in [5.74, 6) is -0.125. The van der Waals surface area contributed by atoms with Gasteiger partial charge in [-0.05, 0) is 92.1 Å². The second-order valence-electron chi connectivity index (χ2n) is 9.44. The van der Waals surface area contributed by atoms with Crippen molar-refractivity contribution < 1.29 is 28.8 Å². The Kier molecular flexibility index (Phi) is 9.08. The van der Waals surface area contributed by atoms with Crippen molar-refractivity contribution in [2.75, 3.05) is 18.5 Å². The molecule has 1 aliphatic heterocycles. The minimum atomic E-state index is -0.552. The molecule has 0 spiro atoms. The number of nitrogens with zero attached hydrogens (tertiary/aromatic N) is 2. The molecule has 0 saturated carbocycles. The van der Waals surface area contributed by atoms with Crippen molar-refractivity contribution in [2.24, 2.45) is 0 Å². The molecule has 1 fully saturated rings. The summed E-state index contributed by atoms with van der Waals surface area (Å²) in [4.78, 5) is 49.9. The summed E-state index contributed by atoms with van der Waals surface area (Å²) in [5, 5.41) is 13.2. The molecule has 0 atom stereocenters. The number of thioether (sulfide) groups is 1. The molecular formula is C30H29N3O7S. The lowest BCUT2D eigenvalue weighted by Gasteiger charge is -2.16. The van der Waals surface area contributed by atoms with Gasteiger partial charge in [0.05, 0.1) is 16.4 Å². The van der Waals surface area contributed by atoms with Crippen LogP contribution in [0.4, 0.5) is 16.2 Å². The van der Waals surface area contributed by atoms with Crippen LogP contribution in [0.3, 0.4) is 0 Å². The third-order valence-electron chi connectivity index (χ3n) is 6.22. The van der Waals surface area contributed by atoms with Crippen molar-refractivity contribution in [3.05, 3.63) is 97.4 Å². The minimum absolute atomic E-state index is 0.00499. The van der Waals surface area contributed by atoms with Gasteiger partial charge in [-0.25, -0.2) is 0 Å². The summed E-state index contributed by atoms with van der Waals surface area (Å²) >= 11 is 0.766. The van der Waals surface area contributed by atoms with Gasteiger partial charge in [-0.3, -0.25) is 29.4 Å². The van der Waals surface area contributed by atoms with Crippen LogP contribution < -0.4 is 14.8 Å². The van der Waals surface area contributed by atoms with E-state index < -0.39 is 28.5 Å². The second kappa shape index (κ2) is 12.7. The van der Waals surface area contributed by atoms with Gasteiger partial charge < -0.3 is 14.8 Å². The number of nitro groups is 1. The van der Waals surface area contributed by atoms with Crippen LogP contribution in [0.25, 0.3) is 6.08 Å². The number of benzene rings is 3. The Morgan fingerprint density at radius 3 is 2.32 bits per heavy atom. The van der Waals surface area contributed by atoms with Crippen molar-refractivity contribution in [1.82, 2.24) is 4.90 Å². The van der Waals surface area contributed by atoms with Gasteiger partial charge in [-0.15, -0.1) is 0 Å². The van der Waals surface area contributed by atoms with E-state index >= 15 is 0 Å². The zero-order chi connectivity index (χ0) is 29.7. The summed E-state index contributed by atoms with van der Waals surface area (Å²) in [7, 11) is 0. The van der Waals surface area contributed by atoms with Gasteiger partial charge in [0.15, 0.2) is 11.5 Å². The molecule has 41 heavy (non-hydrogen) atoms. The van der Waals surface area contributed by atoms with E-state index in [1.807, 2.05) is 39.8 Å². The number of carbonyl (C=O) groups excluding carboxylic acids is 3. The van der Waals surface area contributed by atoms with E-state index in [1.165, 1.54) is 12.1 Å². The number of hydrogen-bond donors (Lipinski definition) is 1. The first-order chi connectivity index (χ1) is 19.5. The molecule has 1 saturated heterocycles. The third-order valence-corrected chi connectivity index (χ3v) is 7.13. The normalized spacial score (nSPS) is 14.0. The van der Waals surface area contributed by atoms with Crippen molar-refractivity contribution in [3.63, 3.8) is 0 Å². The number of ether oxygens (including phenoxy) is 2. The van der Waals surface area contributed by atoms with Crippen molar-refractivity contribution in [1.29, 1.82) is 0 Å². The highest BCUT2D eigenvalue weighted by Crippen LogP contribution is 2.35. The molecule has 0 bridgehead atoms. The Balaban J connectivity index is 1.44. The first kappa shape index (κ1) is 29.3. The first-order valence-electron chi connectivity index (χ1n) is 12.8. The van der Waals surface area contributed by atoms with Crippen LogP contribution in [0.1, 0.15) is 34.7 Å². The average molecular weight is 576 g/mol. The summed E-state index contributed by atoms with van der Waals surface area (Å²) in [6.07, 6.45) is 1.57. The zero-order valence-corrected chi connectivity index (χ0v) is 23.9. The lowest BCUT2D eigenvalue weighted by molar-refractivity contribution is -0.384. The Labute approximate surface area is 241 Å². The van der Waals surface area contributed by atoms with Crippen LogP contribution in [-0.2, 0) is 16.2 Å². The van der Waals surface area contributed by atoms with Crippen LogP contribution in [0, 0.1) is 30.9 Å². The van der Waals surface area contributed by atoms with E-state index in [9.17, 15) is 24.5 Å². The molecular weight excluding hydrogens is 546 g/mol. The number of carbonyl (C=O) groups is 3. The molecule has 10 nitrogen and oxygen atoms in total. The maximum Gasteiger partial charge on any atom is 0.294 e. The fourth-order valence-electron chi connectivity index (χ4n) is 4.36. The number of amides is 3. The number of imide groups is 1. The molecule has 1 heterocycles. The molecule has 11 heteroatoms.